The fraction of sp³-hybridized carbons (Fsp3) is 1.00. The third kappa shape index (κ3) is 4.16. The van der Waals surface area contributed by atoms with E-state index < -0.39 is 15.3 Å². The zero-order valence-electron chi connectivity index (χ0n) is 12.8. The van der Waals surface area contributed by atoms with Crippen LogP contribution >= 0.6 is 0 Å². The van der Waals surface area contributed by atoms with Gasteiger partial charge in [0.2, 0.25) is 10.0 Å². The molecule has 2 N–H and O–H groups in total. The van der Waals surface area contributed by atoms with Gasteiger partial charge in [0.05, 0.1) is 18.0 Å². The standard InChI is InChI=1S/C14H27N3O3S/c1-11(7-15-12-4-5-12)21(18,19)16-8-14-9-17-6-2-3-13(17)10-20-14/h11-16H,2-10H2,1H3. The largest absolute Gasteiger partial charge is 0.374 e. The molecule has 0 radical (unpaired) electrons. The summed E-state index contributed by atoms with van der Waals surface area (Å²) >= 11 is 0. The number of sulfonamides is 1. The third-order valence-corrected chi connectivity index (χ3v) is 6.57. The first kappa shape index (κ1) is 15.7. The van der Waals surface area contributed by atoms with E-state index in [9.17, 15) is 8.42 Å². The Labute approximate surface area is 127 Å². The molecule has 0 aromatic carbocycles. The number of hydrogen-bond donors (Lipinski definition) is 2. The first-order valence-corrected chi connectivity index (χ1v) is 9.67. The van der Waals surface area contributed by atoms with Gasteiger partial charge >= 0.3 is 0 Å². The predicted molar refractivity (Wildman–Crippen MR) is 81.7 cm³/mol. The van der Waals surface area contributed by atoms with Crippen molar-refractivity contribution in [1.29, 1.82) is 0 Å². The van der Waals surface area contributed by atoms with Crippen LogP contribution in [0.15, 0.2) is 0 Å². The lowest BCUT2D eigenvalue weighted by molar-refractivity contribution is -0.0449. The van der Waals surface area contributed by atoms with E-state index in [1.165, 1.54) is 25.7 Å². The summed E-state index contributed by atoms with van der Waals surface area (Å²) in [6.07, 6.45) is 4.77. The molecule has 21 heavy (non-hydrogen) atoms. The van der Waals surface area contributed by atoms with Crippen molar-refractivity contribution in [1.82, 2.24) is 14.9 Å². The van der Waals surface area contributed by atoms with Gasteiger partial charge in [-0.05, 0) is 39.2 Å². The first-order chi connectivity index (χ1) is 10.0. The maximum absolute atomic E-state index is 12.2. The van der Waals surface area contributed by atoms with E-state index >= 15 is 0 Å². The summed E-state index contributed by atoms with van der Waals surface area (Å²) in [6.45, 7) is 5.39. The maximum Gasteiger partial charge on any atom is 0.215 e. The van der Waals surface area contributed by atoms with Gasteiger partial charge in [-0.1, -0.05) is 0 Å². The molecule has 122 valence electrons. The number of nitrogens with one attached hydrogen (secondary N) is 2. The Morgan fingerprint density at radius 2 is 2.14 bits per heavy atom. The summed E-state index contributed by atoms with van der Waals surface area (Å²) in [5.74, 6) is 0. The fourth-order valence-electron chi connectivity index (χ4n) is 3.09. The maximum atomic E-state index is 12.2. The van der Waals surface area contributed by atoms with Gasteiger partial charge in [-0.2, -0.15) is 0 Å². The molecule has 3 atom stereocenters. The Balaban J connectivity index is 1.42. The van der Waals surface area contributed by atoms with Crippen LogP contribution in [0.3, 0.4) is 0 Å². The van der Waals surface area contributed by atoms with Gasteiger partial charge in [0, 0.05) is 31.7 Å². The van der Waals surface area contributed by atoms with Gasteiger partial charge in [0.15, 0.2) is 0 Å². The van der Waals surface area contributed by atoms with Crippen LogP contribution in [0, 0.1) is 0 Å². The highest BCUT2D eigenvalue weighted by Gasteiger charge is 2.33. The second-order valence-corrected chi connectivity index (χ2v) is 8.82. The molecular weight excluding hydrogens is 290 g/mol. The average Bonchev–Trinajstić information content (AvgIpc) is 3.18. The van der Waals surface area contributed by atoms with E-state index in [1.807, 2.05) is 0 Å². The number of morpholine rings is 1. The molecule has 0 spiro atoms. The fourth-order valence-corrected chi connectivity index (χ4v) is 4.11. The molecule has 2 heterocycles. The van der Waals surface area contributed by atoms with Crippen molar-refractivity contribution in [2.24, 2.45) is 0 Å². The minimum absolute atomic E-state index is 0.0160. The van der Waals surface area contributed by atoms with E-state index in [-0.39, 0.29) is 6.10 Å². The topological polar surface area (TPSA) is 70.7 Å². The Morgan fingerprint density at radius 1 is 1.33 bits per heavy atom. The zero-order chi connectivity index (χ0) is 14.9. The van der Waals surface area contributed by atoms with Crippen molar-refractivity contribution in [3.63, 3.8) is 0 Å². The predicted octanol–water partition coefficient (Wildman–Crippen LogP) is -0.0905. The van der Waals surface area contributed by atoms with Crippen molar-refractivity contribution in [3.05, 3.63) is 0 Å². The highest BCUT2D eigenvalue weighted by molar-refractivity contribution is 7.90. The van der Waals surface area contributed by atoms with Gasteiger partial charge in [0.25, 0.3) is 0 Å². The summed E-state index contributed by atoms with van der Waals surface area (Å²) in [6, 6.07) is 1.09. The normalized spacial score (nSPS) is 32.0. The van der Waals surface area contributed by atoms with Crippen molar-refractivity contribution >= 4 is 10.0 Å². The summed E-state index contributed by atoms with van der Waals surface area (Å²) in [5.41, 5.74) is 0. The molecule has 0 bridgehead atoms. The van der Waals surface area contributed by atoms with E-state index in [4.69, 9.17) is 4.74 Å². The Morgan fingerprint density at radius 3 is 2.90 bits per heavy atom. The minimum Gasteiger partial charge on any atom is -0.374 e. The summed E-state index contributed by atoms with van der Waals surface area (Å²) < 4.78 is 33.0. The van der Waals surface area contributed by atoms with Crippen LogP contribution in [0.2, 0.25) is 0 Å². The van der Waals surface area contributed by atoms with Crippen LogP contribution in [-0.2, 0) is 14.8 Å². The van der Waals surface area contributed by atoms with E-state index in [0.29, 0.717) is 25.2 Å². The summed E-state index contributed by atoms with van der Waals surface area (Å²) in [7, 11) is -3.26. The molecule has 3 fully saturated rings. The summed E-state index contributed by atoms with van der Waals surface area (Å²) in [4.78, 5) is 2.43. The van der Waals surface area contributed by atoms with Gasteiger partial charge < -0.3 is 10.1 Å². The molecule has 0 amide bonds. The molecule has 2 aliphatic heterocycles. The van der Waals surface area contributed by atoms with Gasteiger partial charge in [0.1, 0.15) is 0 Å². The van der Waals surface area contributed by atoms with Crippen LogP contribution in [-0.4, -0.2) is 69.5 Å². The van der Waals surface area contributed by atoms with Crippen LogP contribution in [0.4, 0.5) is 0 Å². The second kappa shape index (κ2) is 6.50. The first-order valence-electron chi connectivity index (χ1n) is 8.12. The molecule has 1 aliphatic carbocycles. The van der Waals surface area contributed by atoms with Crippen molar-refractivity contribution in [3.8, 4) is 0 Å². The molecule has 3 aliphatic rings. The SMILES string of the molecule is CC(CNC1CC1)S(=O)(=O)NCC1CN2CCCC2CO1. The Kier molecular flexibility index (Phi) is 4.85. The summed E-state index contributed by atoms with van der Waals surface area (Å²) in [5, 5.41) is 2.87. The molecule has 3 unspecified atom stereocenters. The number of nitrogens with zero attached hydrogens (tertiary/aromatic N) is 1. The Hall–Kier alpha value is -0.210. The van der Waals surface area contributed by atoms with E-state index in [0.717, 1.165) is 19.7 Å². The quantitative estimate of drug-likeness (QED) is 0.687. The van der Waals surface area contributed by atoms with Crippen LogP contribution < -0.4 is 10.0 Å². The number of hydrogen-bond acceptors (Lipinski definition) is 5. The average molecular weight is 317 g/mol. The molecular formula is C14H27N3O3S. The van der Waals surface area contributed by atoms with Crippen LogP contribution in [0.1, 0.15) is 32.6 Å². The molecule has 0 aromatic rings. The van der Waals surface area contributed by atoms with Gasteiger partial charge in [-0.15, -0.1) is 0 Å². The second-order valence-electron chi connectivity index (χ2n) is 6.63. The van der Waals surface area contributed by atoms with Crippen molar-refractivity contribution in [2.75, 3.05) is 32.8 Å². The zero-order valence-corrected chi connectivity index (χ0v) is 13.6. The molecule has 7 heteroatoms. The highest BCUT2D eigenvalue weighted by atomic mass is 32.2. The molecule has 3 rings (SSSR count). The van der Waals surface area contributed by atoms with Crippen molar-refractivity contribution in [2.45, 2.75) is 56.0 Å². The third-order valence-electron chi connectivity index (χ3n) is 4.77. The molecule has 6 nitrogen and oxygen atoms in total. The van der Waals surface area contributed by atoms with E-state index in [1.54, 1.807) is 6.92 Å². The van der Waals surface area contributed by atoms with Crippen LogP contribution in [0.5, 0.6) is 0 Å². The molecule has 1 saturated carbocycles. The lowest BCUT2D eigenvalue weighted by Gasteiger charge is -2.35. The lowest BCUT2D eigenvalue weighted by atomic mass is 10.2. The molecule has 2 saturated heterocycles. The number of rotatable bonds is 7. The molecule has 0 aromatic heterocycles. The minimum atomic E-state index is -3.26. The number of ether oxygens (including phenoxy) is 1. The lowest BCUT2D eigenvalue weighted by Crippen LogP contribution is -2.51. The monoisotopic (exact) mass is 317 g/mol. The number of fused-ring (bicyclic) bond motifs is 1. The van der Waals surface area contributed by atoms with E-state index in [2.05, 4.69) is 14.9 Å². The van der Waals surface area contributed by atoms with Crippen LogP contribution in [0.25, 0.3) is 0 Å². The Bertz CT molecular complexity index is 452. The van der Waals surface area contributed by atoms with Gasteiger partial charge in [-0.25, -0.2) is 13.1 Å². The smallest absolute Gasteiger partial charge is 0.215 e. The van der Waals surface area contributed by atoms with Crippen molar-refractivity contribution < 1.29 is 13.2 Å². The van der Waals surface area contributed by atoms with Gasteiger partial charge in [-0.3, -0.25) is 4.90 Å². The highest BCUT2D eigenvalue weighted by Crippen LogP contribution is 2.22.